The van der Waals surface area contributed by atoms with Crippen molar-refractivity contribution in [3.63, 3.8) is 0 Å². The average Bonchev–Trinajstić information content (AvgIpc) is 2.40. The second-order valence-electron chi connectivity index (χ2n) is 6.42. The Kier molecular flexibility index (Phi) is 4.88. The number of rotatable bonds is 6. The van der Waals surface area contributed by atoms with Crippen molar-refractivity contribution in [3.8, 4) is 0 Å². The van der Waals surface area contributed by atoms with Crippen LogP contribution in [0.2, 0.25) is 0 Å². The van der Waals surface area contributed by atoms with E-state index in [1.54, 1.807) is 0 Å². The molecule has 2 N–H and O–H groups in total. The van der Waals surface area contributed by atoms with Crippen molar-refractivity contribution in [3.05, 3.63) is 29.8 Å². The molecule has 116 valence electrons. The van der Waals surface area contributed by atoms with Gasteiger partial charge in [0.15, 0.2) is 0 Å². The normalized spacial score (nSPS) is 16.6. The largest absolute Gasteiger partial charge is 0.399 e. The van der Waals surface area contributed by atoms with Gasteiger partial charge < -0.3 is 15.5 Å². The van der Waals surface area contributed by atoms with Gasteiger partial charge in [0.05, 0.1) is 0 Å². The molecule has 1 aromatic carbocycles. The van der Waals surface area contributed by atoms with Gasteiger partial charge in [0.1, 0.15) is 0 Å². The van der Waals surface area contributed by atoms with E-state index in [1.165, 1.54) is 19.3 Å². The number of nitrogen functional groups attached to an aromatic ring is 1. The smallest absolute Gasteiger partial charge is 0.222 e. The van der Waals surface area contributed by atoms with Gasteiger partial charge in [-0.3, -0.25) is 4.79 Å². The van der Waals surface area contributed by atoms with E-state index in [2.05, 4.69) is 19.0 Å². The Morgan fingerprint density at radius 1 is 1.24 bits per heavy atom. The van der Waals surface area contributed by atoms with E-state index in [0.29, 0.717) is 12.8 Å². The molecule has 1 saturated carbocycles. The summed E-state index contributed by atoms with van der Waals surface area (Å²) in [4.78, 5) is 16.5. The molecule has 1 aliphatic rings. The third kappa shape index (κ3) is 3.56. The zero-order valence-corrected chi connectivity index (χ0v) is 13.4. The SMILES string of the molecule is CN(CC1(N(C)C)CCC1)C(=O)CCc1ccccc1N. The molecule has 1 amide bonds. The summed E-state index contributed by atoms with van der Waals surface area (Å²) >= 11 is 0. The lowest BCUT2D eigenvalue weighted by atomic mass is 9.75. The van der Waals surface area contributed by atoms with Crippen LogP contribution in [0.3, 0.4) is 0 Å². The van der Waals surface area contributed by atoms with E-state index in [4.69, 9.17) is 5.73 Å². The van der Waals surface area contributed by atoms with E-state index in [1.807, 2.05) is 36.2 Å². The number of hydrogen-bond donors (Lipinski definition) is 1. The molecule has 0 aliphatic heterocycles. The van der Waals surface area contributed by atoms with E-state index in [0.717, 1.165) is 17.8 Å². The van der Waals surface area contributed by atoms with Crippen LogP contribution < -0.4 is 5.73 Å². The highest BCUT2D eigenvalue weighted by molar-refractivity contribution is 5.76. The standard InChI is InChI=1S/C17H27N3O/c1-19(2)17(11-6-12-17)13-20(3)16(21)10-9-14-7-4-5-8-15(14)18/h4-5,7-8H,6,9-13,18H2,1-3H3. The number of hydrogen-bond acceptors (Lipinski definition) is 3. The van der Waals surface area contributed by atoms with Crippen molar-refractivity contribution in [2.24, 2.45) is 0 Å². The molecule has 1 fully saturated rings. The zero-order valence-electron chi connectivity index (χ0n) is 13.4. The van der Waals surface area contributed by atoms with Gasteiger partial charge >= 0.3 is 0 Å². The maximum absolute atomic E-state index is 12.3. The number of nitrogens with two attached hydrogens (primary N) is 1. The highest BCUT2D eigenvalue weighted by atomic mass is 16.2. The van der Waals surface area contributed by atoms with Crippen LogP contribution in [0.25, 0.3) is 0 Å². The lowest BCUT2D eigenvalue weighted by Crippen LogP contribution is -2.57. The minimum absolute atomic E-state index is 0.191. The Labute approximate surface area is 127 Å². The molecular weight excluding hydrogens is 262 g/mol. The Bertz CT molecular complexity index is 495. The molecule has 0 unspecified atom stereocenters. The lowest BCUT2D eigenvalue weighted by molar-refractivity contribution is -0.132. The van der Waals surface area contributed by atoms with Gasteiger partial charge in [-0.2, -0.15) is 0 Å². The molecule has 1 aliphatic carbocycles. The van der Waals surface area contributed by atoms with Crippen molar-refractivity contribution in [2.75, 3.05) is 33.4 Å². The molecule has 4 heteroatoms. The summed E-state index contributed by atoms with van der Waals surface area (Å²) < 4.78 is 0. The summed E-state index contributed by atoms with van der Waals surface area (Å²) in [6, 6.07) is 7.77. The summed E-state index contributed by atoms with van der Waals surface area (Å²) in [6.07, 6.45) is 4.87. The van der Waals surface area contributed by atoms with Gasteiger partial charge in [0, 0.05) is 31.2 Å². The van der Waals surface area contributed by atoms with Gasteiger partial charge in [-0.05, 0) is 51.4 Å². The van der Waals surface area contributed by atoms with E-state index >= 15 is 0 Å². The molecule has 0 saturated heterocycles. The summed E-state index contributed by atoms with van der Waals surface area (Å²) in [5.41, 5.74) is 7.95. The summed E-state index contributed by atoms with van der Waals surface area (Å²) in [5.74, 6) is 0.200. The van der Waals surface area contributed by atoms with Gasteiger partial charge in [0.25, 0.3) is 0 Å². The summed E-state index contributed by atoms with van der Waals surface area (Å²) in [6.45, 7) is 0.823. The number of para-hydroxylation sites is 1. The van der Waals surface area contributed by atoms with E-state index < -0.39 is 0 Å². The first-order valence-electron chi connectivity index (χ1n) is 7.69. The molecule has 21 heavy (non-hydrogen) atoms. The fourth-order valence-corrected chi connectivity index (χ4v) is 3.06. The number of anilines is 1. The molecular formula is C17H27N3O. The van der Waals surface area contributed by atoms with Crippen LogP contribution in [0.1, 0.15) is 31.2 Å². The number of carbonyl (C=O) groups is 1. The molecule has 0 aromatic heterocycles. The first-order chi connectivity index (χ1) is 9.94. The van der Waals surface area contributed by atoms with Crippen molar-refractivity contribution < 1.29 is 4.79 Å². The first kappa shape index (κ1) is 15.8. The Hall–Kier alpha value is -1.55. The monoisotopic (exact) mass is 289 g/mol. The number of amides is 1. The summed E-state index contributed by atoms with van der Waals surface area (Å²) in [7, 11) is 6.14. The minimum atomic E-state index is 0.191. The third-order valence-corrected chi connectivity index (χ3v) is 4.85. The lowest BCUT2D eigenvalue weighted by Gasteiger charge is -2.49. The van der Waals surface area contributed by atoms with Gasteiger partial charge in [-0.15, -0.1) is 0 Å². The molecule has 2 rings (SSSR count). The second kappa shape index (κ2) is 6.48. The number of aryl methyl sites for hydroxylation is 1. The van der Waals surface area contributed by atoms with Crippen molar-refractivity contribution >= 4 is 11.6 Å². The second-order valence-corrected chi connectivity index (χ2v) is 6.42. The number of benzene rings is 1. The zero-order chi connectivity index (χ0) is 15.5. The minimum Gasteiger partial charge on any atom is -0.399 e. The predicted octanol–water partition coefficient (Wildman–Crippen LogP) is 2.14. The number of likely N-dealkylation sites (N-methyl/N-ethyl adjacent to an activating group) is 2. The van der Waals surface area contributed by atoms with Crippen LogP contribution in [0.5, 0.6) is 0 Å². The van der Waals surface area contributed by atoms with E-state index in [9.17, 15) is 4.79 Å². The van der Waals surface area contributed by atoms with Crippen molar-refractivity contribution in [2.45, 2.75) is 37.6 Å². The van der Waals surface area contributed by atoms with Gasteiger partial charge in [-0.25, -0.2) is 0 Å². The Morgan fingerprint density at radius 3 is 2.43 bits per heavy atom. The van der Waals surface area contributed by atoms with E-state index in [-0.39, 0.29) is 11.4 Å². The number of nitrogens with zero attached hydrogens (tertiary/aromatic N) is 2. The number of carbonyl (C=O) groups excluding carboxylic acids is 1. The first-order valence-corrected chi connectivity index (χ1v) is 7.69. The van der Waals surface area contributed by atoms with Crippen LogP contribution in [-0.4, -0.2) is 48.9 Å². The fraction of sp³-hybridized carbons (Fsp3) is 0.588. The topological polar surface area (TPSA) is 49.6 Å². The Morgan fingerprint density at radius 2 is 1.90 bits per heavy atom. The molecule has 0 bridgehead atoms. The summed E-state index contributed by atoms with van der Waals surface area (Å²) in [5, 5.41) is 0. The quantitative estimate of drug-likeness (QED) is 0.816. The predicted molar refractivity (Wildman–Crippen MR) is 87.1 cm³/mol. The van der Waals surface area contributed by atoms with Gasteiger partial charge in [-0.1, -0.05) is 18.2 Å². The average molecular weight is 289 g/mol. The fourth-order valence-electron chi connectivity index (χ4n) is 3.06. The molecule has 0 spiro atoms. The molecule has 1 aromatic rings. The van der Waals surface area contributed by atoms with Crippen molar-refractivity contribution in [1.29, 1.82) is 0 Å². The Balaban J connectivity index is 1.87. The van der Waals surface area contributed by atoms with Crippen LogP contribution in [0.15, 0.2) is 24.3 Å². The maximum Gasteiger partial charge on any atom is 0.222 e. The highest BCUT2D eigenvalue weighted by Crippen LogP contribution is 2.36. The van der Waals surface area contributed by atoms with Crippen LogP contribution >= 0.6 is 0 Å². The third-order valence-electron chi connectivity index (χ3n) is 4.85. The van der Waals surface area contributed by atoms with Crippen LogP contribution in [0.4, 0.5) is 5.69 Å². The van der Waals surface area contributed by atoms with Crippen LogP contribution in [0, 0.1) is 0 Å². The molecule has 0 atom stereocenters. The molecule has 0 radical (unpaired) electrons. The molecule has 4 nitrogen and oxygen atoms in total. The van der Waals surface area contributed by atoms with Crippen molar-refractivity contribution in [1.82, 2.24) is 9.80 Å². The molecule has 0 heterocycles. The van der Waals surface area contributed by atoms with Crippen LogP contribution in [-0.2, 0) is 11.2 Å². The van der Waals surface area contributed by atoms with Gasteiger partial charge in [0.2, 0.25) is 5.91 Å². The maximum atomic E-state index is 12.3. The highest BCUT2D eigenvalue weighted by Gasteiger charge is 2.40.